The first kappa shape index (κ1) is 19.3. The Balaban J connectivity index is 1.48. The smallest absolute Gasteiger partial charge is 0.237 e. The summed E-state index contributed by atoms with van der Waals surface area (Å²) in [6, 6.07) is 9.64. The van der Waals surface area contributed by atoms with Crippen LogP contribution in [-0.4, -0.2) is 56.6 Å². The van der Waals surface area contributed by atoms with Crippen molar-refractivity contribution in [2.75, 3.05) is 31.9 Å². The normalized spacial score (nSPS) is 24.5. The highest BCUT2D eigenvalue weighted by Gasteiger charge is 2.29. The lowest BCUT2D eigenvalue weighted by atomic mass is 9.99. The Labute approximate surface area is 156 Å². The molecule has 0 radical (unpaired) electrons. The molecule has 2 fully saturated rings. The van der Waals surface area contributed by atoms with Gasteiger partial charge in [0.25, 0.3) is 0 Å². The number of carbonyl (C=O) groups excluding carboxylic acids is 1. The van der Waals surface area contributed by atoms with Crippen LogP contribution in [0.3, 0.4) is 0 Å². The van der Waals surface area contributed by atoms with Crippen LogP contribution >= 0.6 is 0 Å². The second kappa shape index (κ2) is 8.97. The van der Waals surface area contributed by atoms with Crippen molar-refractivity contribution in [3.05, 3.63) is 35.9 Å². The maximum atomic E-state index is 12.7. The molecule has 2 unspecified atom stereocenters. The van der Waals surface area contributed by atoms with Crippen molar-refractivity contribution in [1.29, 1.82) is 0 Å². The lowest BCUT2D eigenvalue weighted by Gasteiger charge is -2.32. The molecule has 0 aromatic heterocycles. The average Bonchev–Trinajstić information content (AvgIpc) is 3.21. The Bertz CT molecular complexity index is 687. The average molecular weight is 380 g/mol. The zero-order chi connectivity index (χ0) is 18.4. The minimum atomic E-state index is -3.26. The highest BCUT2D eigenvalue weighted by molar-refractivity contribution is 7.89. The number of amides is 1. The second-order valence-corrected chi connectivity index (χ2v) is 9.40. The predicted molar refractivity (Wildman–Crippen MR) is 102 cm³/mol. The molecule has 1 aromatic rings. The largest absolute Gasteiger partial charge is 0.354 e. The molecule has 0 spiro atoms. The highest BCUT2D eigenvalue weighted by Crippen LogP contribution is 2.20. The number of aryl methyl sites for hydroxylation is 1. The van der Waals surface area contributed by atoms with E-state index in [1.165, 1.54) is 0 Å². The maximum absolute atomic E-state index is 12.7. The molecule has 3 rings (SSSR count). The van der Waals surface area contributed by atoms with Crippen LogP contribution in [0.5, 0.6) is 0 Å². The Hall–Kier alpha value is -1.44. The lowest BCUT2D eigenvalue weighted by Crippen LogP contribution is -2.47. The number of nitrogens with zero attached hydrogens (tertiary/aromatic N) is 1. The molecular formula is C19H29N3O3S. The first-order valence-electron chi connectivity index (χ1n) is 9.57. The van der Waals surface area contributed by atoms with Gasteiger partial charge in [-0.1, -0.05) is 30.3 Å². The van der Waals surface area contributed by atoms with Crippen LogP contribution in [0.4, 0.5) is 0 Å². The third-order valence-corrected chi connectivity index (χ3v) is 7.15. The molecule has 2 atom stereocenters. The van der Waals surface area contributed by atoms with Crippen molar-refractivity contribution in [2.24, 2.45) is 5.92 Å². The molecule has 0 aliphatic carbocycles. The van der Waals surface area contributed by atoms with E-state index in [0.29, 0.717) is 26.1 Å². The molecule has 2 aliphatic rings. The fourth-order valence-corrected chi connectivity index (χ4v) is 5.34. The van der Waals surface area contributed by atoms with Gasteiger partial charge in [0.1, 0.15) is 0 Å². The molecule has 6 nitrogen and oxygen atoms in total. The number of hydrogen-bond donors (Lipinski definition) is 2. The molecule has 0 bridgehead atoms. The van der Waals surface area contributed by atoms with Crippen molar-refractivity contribution in [1.82, 2.24) is 14.9 Å². The van der Waals surface area contributed by atoms with Crippen molar-refractivity contribution in [3.8, 4) is 0 Å². The van der Waals surface area contributed by atoms with Gasteiger partial charge in [0.05, 0.1) is 11.8 Å². The summed E-state index contributed by atoms with van der Waals surface area (Å²) in [6.45, 7) is 2.55. The molecule has 7 heteroatoms. The van der Waals surface area contributed by atoms with Gasteiger partial charge < -0.3 is 10.6 Å². The monoisotopic (exact) mass is 379 g/mol. The van der Waals surface area contributed by atoms with E-state index in [4.69, 9.17) is 0 Å². The summed E-state index contributed by atoms with van der Waals surface area (Å²) in [5.41, 5.74) is 1.04. The Morgan fingerprint density at radius 2 is 2.00 bits per heavy atom. The minimum absolute atomic E-state index is 0.0477. The third kappa shape index (κ3) is 5.28. The number of carbonyl (C=O) groups is 1. The van der Waals surface area contributed by atoms with E-state index in [1.54, 1.807) is 4.31 Å². The molecular weight excluding hydrogens is 350 g/mol. The van der Waals surface area contributed by atoms with Gasteiger partial charge in [-0.15, -0.1) is 0 Å². The van der Waals surface area contributed by atoms with E-state index in [1.807, 2.05) is 30.3 Å². The van der Waals surface area contributed by atoms with Crippen LogP contribution in [0.1, 0.15) is 31.2 Å². The quantitative estimate of drug-likeness (QED) is 0.745. The molecule has 0 saturated carbocycles. The van der Waals surface area contributed by atoms with Crippen LogP contribution < -0.4 is 10.6 Å². The van der Waals surface area contributed by atoms with Gasteiger partial charge in [-0.05, 0) is 50.1 Å². The van der Waals surface area contributed by atoms with Gasteiger partial charge in [-0.2, -0.15) is 0 Å². The molecule has 1 amide bonds. The van der Waals surface area contributed by atoms with Gasteiger partial charge in [0, 0.05) is 19.6 Å². The van der Waals surface area contributed by atoms with E-state index in [2.05, 4.69) is 10.6 Å². The summed E-state index contributed by atoms with van der Waals surface area (Å²) in [6.07, 6.45) is 4.27. The van der Waals surface area contributed by atoms with Crippen molar-refractivity contribution in [3.63, 3.8) is 0 Å². The summed E-state index contributed by atoms with van der Waals surface area (Å²) < 4.78 is 27.0. The van der Waals surface area contributed by atoms with Crippen molar-refractivity contribution < 1.29 is 13.2 Å². The molecule has 2 saturated heterocycles. The van der Waals surface area contributed by atoms with Crippen LogP contribution in [0.25, 0.3) is 0 Å². The number of hydrogen-bond acceptors (Lipinski definition) is 4. The number of benzene rings is 1. The number of rotatable bonds is 7. The van der Waals surface area contributed by atoms with Gasteiger partial charge >= 0.3 is 0 Å². The predicted octanol–water partition coefficient (Wildman–Crippen LogP) is 1.14. The Morgan fingerprint density at radius 1 is 1.19 bits per heavy atom. The molecule has 144 valence electrons. The van der Waals surface area contributed by atoms with Crippen LogP contribution in [0.2, 0.25) is 0 Å². The van der Waals surface area contributed by atoms with Crippen molar-refractivity contribution in [2.45, 2.75) is 38.1 Å². The minimum Gasteiger partial charge on any atom is -0.354 e. The van der Waals surface area contributed by atoms with Crippen LogP contribution in [0, 0.1) is 5.92 Å². The van der Waals surface area contributed by atoms with E-state index >= 15 is 0 Å². The first-order chi connectivity index (χ1) is 12.5. The zero-order valence-corrected chi connectivity index (χ0v) is 16.0. The molecule has 2 heterocycles. The summed E-state index contributed by atoms with van der Waals surface area (Å²) in [4.78, 5) is 12.1. The van der Waals surface area contributed by atoms with E-state index in [0.717, 1.165) is 37.8 Å². The number of piperidine rings is 1. The summed E-state index contributed by atoms with van der Waals surface area (Å²) in [7, 11) is -3.26. The SMILES string of the molecule is O=C(NCC1CCCN(S(=O)(=O)CCc2ccccc2)C1)C1CCCN1. The van der Waals surface area contributed by atoms with E-state index < -0.39 is 10.0 Å². The van der Waals surface area contributed by atoms with Crippen molar-refractivity contribution >= 4 is 15.9 Å². The van der Waals surface area contributed by atoms with E-state index in [9.17, 15) is 13.2 Å². The fourth-order valence-electron chi connectivity index (χ4n) is 3.74. The number of nitrogens with one attached hydrogen (secondary N) is 2. The lowest BCUT2D eigenvalue weighted by molar-refractivity contribution is -0.123. The standard InChI is InChI=1S/C19H29N3O3S/c23-19(18-9-4-11-20-18)21-14-17-8-5-12-22(15-17)26(24,25)13-10-16-6-2-1-3-7-16/h1-3,6-7,17-18,20H,4-5,8-15H2,(H,21,23). The van der Waals surface area contributed by atoms with Crippen LogP contribution in [0.15, 0.2) is 30.3 Å². The highest BCUT2D eigenvalue weighted by atomic mass is 32.2. The fraction of sp³-hybridized carbons (Fsp3) is 0.632. The summed E-state index contributed by atoms with van der Waals surface area (Å²) in [5, 5.41) is 6.19. The van der Waals surface area contributed by atoms with Gasteiger partial charge in [-0.3, -0.25) is 4.79 Å². The van der Waals surface area contributed by atoms with Gasteiger partial charge in [0.2, 0.25) is 15.9 Å². The summed E-state index contributed by atoms with van der Waals surface area (Å²) >= 11 is 0. The first-order valence-corrected chi connectivity index (χ1v) is 11.2. The molecule has 2 N–H and O–H groups in total. The van der Waals surface area contributed by atoms with Gasteiger partial charge in [0.15, 0.2) is 0 Å². The second-order valence-electron chi connectivity index (χ2n) is 7.31. The molecule has 26 heavy (non-hydrogen) atoms. The maximum Gasteiger partial charge on any atom is 0.237 e. The topological polar surface area (TPSA) is 78.5 Å². The third-order valence-electron chi connectivity index (χ3n) is 5.31. The zero-order valence-electron chi connectivity index (χ0n) is 15.2. The summed E-state index contributed by atoms with van der Waals surface area (Å²) in [5.74, 6) is 0.384. The Kier molecular flexibility index (Phi) is 6.67. The molecule has 2 aliphatic heterocycles. The molecule has 1 aromatic carbocycles. The van der Waals surface area contributed by atoms with E-state index in [-0.39, 0.29) is 23.6 Å². The number of sulfonamides is 1. The Morgan fingerprint density at radius 3 is 2.73 bits per heavy atom. The van der Waals surface area contributed by atoms with Gasteiger partial charge in [-0.25, -0.2) is 12.7 Å². The van der Waals surface area contributed by atoms with Crippen LogP contribution in [-0.2, 0) is 21.2 Å².